The van der Waals surface area contributed by atoms with E-state index in [4.69, 9.17) is 0 Å². The first-order valence-electron chi connectivity index (χ1n) is 8.85. The van der Waals surface area contributed by atoms with E-state index in [0.29, 0.717) is 5.56 Å². The molecule has 5 nitrogen and oxygen atoms in total. The van der Waals surface area contributed by atoms with Crippen LogP contribution in [0.2, 0.25) is 0 Å². The molecule has 2 amide bonds. The number of rotatable bonds is 3. The predicted molar refractivity (Wildman–Crippen MR) is 89.9 cm³/mol. The molecule has 5 heteroatoms. The van der Waals surface area contributed by atoms with Crippen LogP contribution in [0.25, 0.3) is 0 Å². The lowest BCUT2D eigenvalue weighted by molar-refractivity contribution is -0.0167. The molecule has 3 N–H and O–H groups in total. The number of hydrogen-bond donors (Lipinski definition) is 3. The van der Waals surface area contributed by atoms with Crippen LogP contribution >= 0.6 is 0 Å². The van der Waals surface area contributed by atoms with Gasteiger partial charge >= 0.3 is 0 Å². The maximum Gasteiger partial charge on any atom is 0.254 e. The lowest BCUT2D eigenvalue weighted by Crippen LogP contribution is -2.59. The van der Waals surface area contributed by atoms with Gasteiger partial charge in [0.1, 0.15) is 5.75 Å². The lowest BCUT2D eigenvalue weighted by Gasteiger charge is -2.56. The maximum absolute atomic E-state index is 12.7. The van der Waals surface area contributed by atoms with E-state index in [2.05, 4.69) is 10.6 Å². The smallest absolute Gasteiger partial charge is 0.254 e. The van der Waals surface area contributed by atoms with Crippen LogP contribution in [0.15, 0.2) is 18.2 Å². The van der Waals surface area contributed by atoms with Crippen LogP contribution in [-0.4, -0.2) is 29.5 Å². The van der Waals surface area contributed by atoms with E-state index in [0.717, 1.165) is 37.0 Å². The molecule has 0 aliphatic heterocycles. The molecule has 0 radical (unpaired) electrons. The van der Waals surface area contributed by atoms with Crippen molar-refractivity contribution in [1.82, 2.24) is 10.6 Å². The zero-order valence-corrected chi connectivity index (χ0v) is 14.0. The van der Waals surface area contributed by atoms with Crippen molar-refractivity contribution < 1.29 is 14.7 Å². The van der Waals surface area contributed by atoms with E-state index in [-0.39, 0.29) is 28.7 Å². The Bertz CT molecular complexity index is 663. The molecular weight excluding hydrogens is 304 g/mol. The second-order valence-corrected chi connectivity index (χ2v) is 7.96. The topological polar surface area (TPSA) is 78.4 Å². The van der Waals surface area contributed by atoms with E-state index < -0.39 is 0 Å². The highest BCUT2D eigenvalue weighted by Crippen LogP contribution is 2.55. The molecule has 0 aromatic heterocycles. The second-order valence-electron chi connectivity index (χ2n) is 7.96. The highest BCUT2D eigenvalue weighted by Gasteiger charge is 2.51. The van der Waals surface area contributed by atoms with Crippen LogP contribution in [0, 0.1) is 17.8 Å². The average molecular weight is 328 g/mol. The van der Waals surface area contributed by atoms with Gasteiger partial charge in [-0.1, -0.05) is 0 Å². The first-order chi connectivity index (χ1) is 11.5. The highest BCUT2D eigenvalue weighted by molar-refractivity contribution is 6.00. The molecule has 0 spiro atoms. The van der Waals surface area contributed by atoms with Gasteiger partial charge in [0.2, 0.25) is 0 Å². The molecule has 0 atom stereocenters. The summed E-state index contributed by atoms with van der Waals surface area (Å²) >= 11 is 0. The maximum atomic E-state index is 12.7. The van der Waals surface area contributed by atoms with Crippen molar-refractivity contribution in [3.63, 3.8) is 0 Å². The Balaban J connectivity index is 1.52. The Morgan fingerprint density at radius 1 is 1.04 bits per heavy atom. The number of benzene rings is 1. The molecular formula is C19H24N2O3. The number of amides is 2. The molecule has 4 aliphatic carbocycles. The van der Waals surface area contributed by atoms with Gasteiger partial charge in [0.25, 0.3) is 11.8 Å². The first kappa shape index (κ1) is 15.5. The van der Waals surface area contributed by atoms with Gasteiger partial charge in [0, 0.05) is 18.2 Å². The molecule has 0 heterocycles. The quantitative estimate of drug-likeness (QED) is 0.797. The van der Waals surface area contributed by atoms with Crippen molar-refractivity contribution >= 4 is 11.8 Å². The Hall–Kier alpha value is -2.04. The van der Waals surface area contributed by atoms with E-state index >= 15 is 0 Å². The normalized spacial score (nSPS) is 33.3. The third kappa shape index (κ3) is 2.56. The van der Waals surface area contributed by atoms with Crippen molar-refractivity contribution in [2.75, 3.05) is 7.05 Å². The third-order valence-electron chi connectivity index (χ3n) is 6.15. The molecule has 1 aromatic carbocycles. The molecule has 128 valence electrons. The molecule has 5 rings (SSSR count). The van der Waals surface area contributed by atoms with Gasteiger partial charge in [0.05, 0.1) is 5.56 Å². The zero-order valence-electron chi connectivity index (χ0n) is 14.0. The summed E-state index contributed by atoms with van der Waals surface area (Å²) in [6.45, 7) is 0. The van der Waals surface area contributed by atoms with Crippen LogP contribution in [0.5, 0.6) is 5.75 Å². The summed E-state index contributed by atoms with van der Waals surface area (Å²) in [5.74, 6) is 1.63. The molecule has 4 bridgehead atoms. The summed E-state index contributed by atoms with van der Waals surface area (Å²) in [6, 6.07) is 4.50. The minimum Gasteiger partial charge on any atom is -0.507 e. The number of phenolic OH excluding ortho intramolecular Hbond substituents is 1. The third-order valence-corrected chi connectivity index (χ3v) is 6.15. The number of aromatic hydroxyl groups is 1. The number of carbonyl (C=O) groups excluding carboxylic acids is 2. The fourth-order valence-electron chi connectivity index (χ4n) is 5.58. The van der Waals surface area contributed by atoms with Crippen LogP contribution in [-0.2, 0) is 0 Å². The summed E-state index contributed by atoms with van der Waals surface area (Å²) in [5, 5.41) is 15.8. The van der Waals surface area contributed by atoms with Crippen molar-refractivity contribution in [1.29, 1.82) is 0 Å². The second kappa shape index (κ2) is 5.50. The van der Waals surface area contributed by atoms with Gasteiger partial charge in [0.15, 0.2) is 0 Å². The number of hydrogen-bond acceptors (Lipinski definition) is 3. The molecule has 4 saturated carbocycles. The fourth-order valence-corrected chi connectivity index (χ4v) is 5.58. The van der Waals surface area contributed by atoms with Crippen LogP contribution < -0.4 is 10.6 Å². The average Bonchev–Trinajstić information content (AvgIpc) is 2.52. The lowest BCUT2D eigenvalue weighted by atomic mass is 9.53. The predicted octanol–water partition coefficient (Wildman–Crippen LogP) is 2.45. The summed E-state index contributed by atoms with van der Waals surface area (Å²) in [5.41, 5.74) is 0.542. The summed E-state index contributed by atoms with van der Waals surface area (Å²) < 4.78 is 0. The zero-order chi connectivity index (χ0) is 16.9. The molecule has 4 fully saturated rings. The van der Waals surface area contributed by atoms with Gasteiger partial charge in [-0.3, -0.25) is 9.59 Å². The number of carbonyl (C=O) groups is 2. The van der Waals surface area contributed by atoms with Gasteiger partial charge in [-0.2, -0.15) is 0 Å². The van der Waals surface area contributed by atoms with E-state index in [1.807, 2.05) is 0 Å². The summed E-state index contributed by atoms with van der Waals surface area (Å²) in [4.78, 5) is 24.4. The first-order valence-corrected chi connectivity index (χ1v) is 8.85. The Labute approximate surface area is 141 Å². The largest absolute Gasteiger partial charge is 0.507 e. The molecule has 1 aromatic rings. The molecule has 0 unspecified atom stereocenters. The van der Waals surface area contributed by atoms with Crippen LogP contribution in [0.1, 0.15) is 59.2 Å². The van der Waals surface area contributed by atoms with Crippen LogP contribution in [0.4, 0.5) is 0 Å². The SMILES string of the molecule is CNC(=O)c1ccc(C(=O)NC23CC4CC(CC(C4)C2)C3)cc1O. The van der Waals surface area contributed by atoms with Gasteiger partial charge in [-0.05, 0) is 74.5 Å². The van der Waals surface area contributed by atoms with Crippen molar-refractivity contribution in [2.45, 2.75) is 44.1 Å². The molecule has 0 saturated heterocycles. The minimum absolute atomic E-state index is 0.0546. The monoisotopic (exact) mass is 328 g/mol. The fraction of sp³-hybridized carbons (Fsp3) is 0.579. The summed E-state index contributed by atoms with van der Waals surface area (Å²) in [6.07, 6.45) is 7.26. The standard InChI is InChI=1S/C19H24N2O3/c1-20-18(24)15-3-2-14(7-16(15)22)17(23)21-19-8-11-4-12(9-19)6-13(5-11)10-19/h2-3,7,11-13,22H,4-6,8-10H2,1H3,(H,20,24)(H,21,23). The Morgan fingerprint density at radius 2 is 1.62 bits per heavy atom. The molecule has 24 heavy (non-hydrogen) atoms. The minimum atomic E-state index is -0.361. The number of nitrogens with one attached hydrogen (secondary N) is 2. The summed E-state index contributed by atoms with van der Waals surface area (Å²) in [7, 11) is 1.51. The van der Waals surface area contributed by atoms with Crippen molar-refractivity contribution in [3.05, 3.63) is 29.3 Å². The van der Waals surface area contributed by atoms with Gasteiger partial charge < -0.3 is 15.7 Å². The molecule has 4 aliphatic rings. The Morgan fingerprint density at radius 3 is 2.12 bits per heavy atom. The highest BCUT2D eigenvalue weighted by atomic mass is 16.3. The van der Waals surface area contributed by atoms with Crippen LogP contribution in [0.3, 0.4) is 0 Å². The van der Waals surface area contributed by atoms with Crippen molar-refractivity contribution in [3.8, 4) is 5.75 Å². The van der Waals surface area contributed by atoms with E-state index in [1.165, 1.54) is 38.4 Å². The van der Waals surface area contributed by atoms with Gasteiger partial charge in [-0.25, -0.2) is 0 Å². The Kier molecular flexibility index (Phi) is 3.55. The van der Waals surface area contributed by atoms with Crippen molar-refractivity contribution in [2.24, 2.45) is 17.8 Å². The number of phenols is 1. The van der Waals surface area contributed by atoms with Gasteiger partial charge in [-0.15, -0.1) is 0 Å². The van der Waals surface area contributed by atoms with E-state index in [1.54, 1.807) is 6.07 Å². The van der Waals surface area contributed by atoms with E-state index in [9.17, 15) is 14.7 Å².